The Kier molecular flexibility index (Phi) is 4.80. The fourth-order valence-electron chi connectivity index (χ4n) is 2.93. The van der Waals surface area contributed by atoms with E-state index in [2.05, 4.69) is 4.98 Å². The van der Waals surface area contributed by atoms with E-state index in [1.54, 1.807) is 35.2 Å². The van der Waals surface area contributed by atoms with Crippen molar-refractivity contribution in [3.8, 4) is 5.75 Å². The summed E-state index contributed by atoms with van der Waals surface area (Å²) < 4.78 is 32.6. The number of pyridine rings is 1. The number of anilines is 2. The Balaban J connectivity index is 1.88. The van der Waals surface area contributed by atoms with Crippen molar-refractivity contribution in [2.24, 2.45) is 0 Å². The standard InChI is InChI=1S/C19H22F2N4O/c1-12(2)26-14-3-4-16(22)15(10-14)18(23)13-5-7-24-17(9-13)25-8-6-19(20,21)11-25/h3-5,7,9-10,12,23H,6,8,11,22H2,1-2H3. The van der Waals surface area contributed by atoms with Gasteiger partial charge in [0.05, 0.1) is 18.4 Å². The number of nitrogens with one attached hydrogen (secondary N) is 1. The molecule has 1 aromatic heterocycles. The number of nitrogen functional groups attached to an aromatic ring is 1. The molecule has 5 nitrogen and oxygen atoms in total. The van der Waals surface area contributed by atoms with Gasteiger partial charge in [-0.2, -0.15) is 0 Å². The highest BCUT2D eigenvalue weighted by Crippen LogP contribution is 2.31. The molecule has 0 amide bonds. The Hall–Kier alpha value is -2.70. The van der Waals surface area contributed by atoms with Gasteiger partial charge in [-0.1, -0.05) is 0 Å². The molecule has 1 aliphatic rings. The summed E-state index contributed by atoms with van der Waals surface area (Å²) in [5.74, 6) is -1.63. The van der Waals surface area contributed by atoms with E-state index in [9.17, 15) is 8.78 Å². The number of ether oxygens (including phenoxy) is 1. The van der Waals surface area contributed by atoms with Gasteiger partial charge in [-0.15, -0.1) is 0 Å². The van der Waals surface area contributed by atoms with Crippen LogP contribution in [0.25, 0.3) is 0 Å². The minimum Gasteiger partial charge on any atom is -0.491 e. The molecule has 0 saturated carbocycles. The van der Waals surface area contributed by atoms with Crippen LogP contribution >= 0.6 is 0 Å². The lowest BCUT2D eigenvalue weighted by Gasteiger charge is -2.18. The minimum atomic E-state index is -2.70. The van der Waals surface area contributed by atoms with Crippen molar-refractivity contribution in [1.82, 2.24) is 4.98 Å². The van der Waals surface area contributed by atoms with E-state index in [1.807, 2.05) is 13.8 Å². The molecule has 1 saturated heterocycles. The summed E-state index contributed by atoms with van der Waals surface area (Å²) in [5.41, 5.74) is 7.79. The zero-order valence-corrected chi connectivity index (χ0v) is 14.8. The van der Waals surface area contributed by atoms with Crippen LogP contribution < -0.4 is 15.4 Å². The van der Waals surface area contributed by atoms with Crippen molar-refractivity contribution < 1.29 is 13.5 Å². The molecule has 1 aliphatic heterocycles. The molecule has 3 rings (SSSR count). The lowest BCUT2D eigenvalue weighted by atomic mass is 10.0. The number of nitrogens with zero attached hydrogens (tertiary/aromatic N) is 2. The molecule has 0 aliphatic carbocycles. The van der Waals surface area contributed by atoms with Gasteiger partial charge in [-0.05, 0) is 44.2 Å². The summed E-state index contributed by atoms with van der Waals surface area (Å²) in [5, 5.41) is 8.51. The maximum atomic E-state index is 13.5. The summed E-state index contributed by atoms with van der Waals surface area (Å²) in [6, 6.07) is 8.51. The number of hydrogen-bond acceptors (Lipinski definition) is 5. The van der Waals surface area contributed by atoms with Gasteiger partial charge in [0.25, 0.3) is 5.92 Å². The van der Waals surface area contributed by atoms with E-state index in [1.165, 1.54) is 6.20 Å². The van der Waals surface area contributed by atoms with Gasteiger partial charge in [0, 0.05) is 36.0 Å². The van der Waals surface area contributed by atoms with Gasteiger partial charge < -0.3 is 15.4 Å². The monoisotopic (exact) mass is 360 g/mol. The van der Waals surface area contributed by atoms with E-state index in [-0.39, 0.29) is 31.3 Å². The fourth-order valence-corrected chi connectivity index (χ4v) is 2.93. The Morgan fingerprint density at radius 1 is 1.31 bits per heavy atom. The summed E-state index contributed by atoms with van der Waals surface area (Å²) >= 11 is 0. The quantitative estimate of drug-likeness (QED) is 0.630. The maximum absolute atomic E-state index is 13.5. The maximum Gasteiger partial charge on any atom is 0.266 e. The molecule has 138 valence electrons. The second-order valence-corrected chi connectivity index (χ2v) is 6.72. The lowest BCUT2D eigenvalue weighted by Crippen LogP contribution is -2.25. The molecule has 7 heteroatoms. The van der Waals surface area contributed by atoms with Crippen LogP contribution in [0.3, 0.4) is 0 Å². The van der Waals surface area contributed by atoms with E-state index in [0.717, 1.165) is 0 Å². The van der Waals surface area contributed by atoms with Crippen LogP contribution in [0, 0.1) is 5.41 Å². The topological polar surface area (TPSA) is 75.2 Å². The van der Waals surface area contributed by atoms with Crippen LogP contribution in [-0.4, -0.2) is 35.8 Å². The van der Waals surface area contributed by atoms with Gasteiger partial charge >= 0.3 is 0 Å². The first-order chi connectivity index (χ1) is 12.2. The number of alkyl halides is 2. The molecule has 1 fully saturated rings. The van der Waals surface area contributed by atoms with Crippen molar-refractivity contribution in [1.29, 1.82) is 5.41 Å². The van der Waals surface area contributed by atoms with E-state index >= 15 is 0 Å². The Morgan fingerprint density at radius 2 is 2.08 bits per heavy atom. The van der Waals surface area contributed by atoms with Crippen LogP contribution in [-0.2, 0) is 0 Å². The number of rotatable bonds is 5. The van der Waals surface area contributed by atoms with Crippen molar-refractivity contribution in [3.05, 3.63) is 47.7 Å². The molecule has 26 heavy (non-hydrogen) atoms. The van der Waals surface area contributed by atoms with Crippen molar-refractivity contribution in [2.75, 3.05) is 23.7 Å². The number of nitrogens with two attached hydrogens (primary N) is 1. The average Bonchev–Trinajstić information content (AvgIpc) is 2.96. The predicted octanol–water partition coefficient (Wildman–Crippen LogP) is 3.71. The van der Waals surface area contributed by atoms with E-state index < -0.39 is 5.92 Å². The normalized spacial score (nSPS) is 16.1. The molecular formula is C19H22F2N4O. The molecular weight excluding hydrogens is 338 g/mol. The highest BCUT2D eigenvalue weighted by atomic mass is 19.3. The molecule has 1 aromatic carbocycles. The Labute approximate surface area is 151 Å². The number of hydrogen-bond donors (Lipinski definition) is 2. The Bertz CT molecular complexity index is 823. The van der Waals surface area contributed by atoms with Gasteiger partial charge in [-0.25, -0.2) is 13.8 Å². The van der Waals surface area contributed by atoms with Crippen LogP contribution in [0.2, 0.25) is 0 Å². The second-order valence-electron chi connectivity index (χ2n) is 6.72. The first kappa shape index (κ1) is 18.1. The molecule has 3 N–H and O–H groups in total. The third-order valence-corrected chi connectivity index (χ3v) is 4.19. The molecule has 0 radical (unpaired) electrons. The fraction of sp³-hybridized carbons (Fsp3) is 0.368. The van der Waals surface area contributed by atoms with E-state index in [0.29, 0.717) is 28.4 Å². The number of halogens is 2. The first-order valence-corrected chi connectivity index (χ1v) is 8.49. The molecule has 0 bridgehead atoms. The summed E-state index contributed by atoms with van der Waals surface area (Å²) in [6.45, 7) is 3.73. The van der Waals surface area contributed by atoms with Crippen molar-refractivity contribution >= 4 is 17.2 Å². The third kappa shape index (κ3) is 3.92. The molecule has 2 aromatic rings. The SMILES string of the molecule is CC(C)Oc1ccc(N)c(C(=N)c2ccnc(N3CCC(F)(F)C3)c2)c1. The Morgan fingerprint density at radius 3 is 2.73 bits per heavy atom. The van der Waals surface area contributed by atoms with Crippen LogP contribution in [0.5, 0.6) is 5.75 Å². The smallest absolute Gasteiger partial charge is 0.266 e. The molecule has 2 heterocycles. The zero-order chi connectivity index (χ0) is 18.9. The highest BCUT2D eigenvalue weighted by Gasteiger charge is 2.38. The lowest BCUT2D eigenvalue weighted by molar-refractivity contribution is 0.0256. The van der Waals surface area contributed by atoms with Crippen molar-refractivity contribution in [2.45, 2.75) is 32.3 Å². The van der Waals surface area contributed by atoms with Gasteiger partial charge in [0.1, 0.15) is 11.6 Å². The predicted molar refractivity (Wildman–Crippen MR) is 98.6 cm³/mol. The van der Waals surface area contributed by atoms with Crippen LogP contribution in [0.1, 0.15) is 31.4 Å². The summed E-state index contributed by atoms with van der Waals surface area (Å²) in [6.07, 6.45) is 1.35. The average molecular weight is 360 g/mol. The molecule has 0 atom stereocenters. The van der Waals surface area contributed by atoms with Crippen molar-refractivity contribution in [3.63, 3.8) is 0 Å². The first-order valence-electron chi connectivity index (χ1n) is 8.49. The summed E-state index contributed by atoms with van der Waals surface area (Å²) in [7, 11) is 0. The highest BCUT2D eigenvalue weighted by molar-refractivity contribution is 6.14. The van der Waals surface area contributed by atoms with E-state index in [4.69, 9.17) is 15.9 Å². The van der Waals surface area contributed by atoms with Gasteiger partial charge in [0.15, 0.2) is 0 Å². The molecule has 0 spiro atoms. The van der Waals surface area contributed by atoms with Gasteiger partial charge in [-0.3, -0.25) is 5.41 Å². The number of benzene rings is 1. The number of aromatic nitrogens is 1. The zero-order valence-electron chi connectivity index (χ0n) is 14.8. The minimum absolute atomic E-state index is 0.00465. The van der Waals surface area contributed by atoms with Crippen LogP contribution in [0.4, 0.5) is 20.3 Å². The second kappa shape index (κ2) is 6.90. The summed E-state index contributed by atoms with van der Waals surface area (Å²) in [4.78, 5) is 5.72. The van der Waals surface area contributed by atoms with Crippen LogP contribution in [0.15, 0.2) is 36.5 Å². The van der Waals surface area contributed by atoms with Gasteiger partial charge in [0.2, 0.25) is 0 Å². The third-order valence-electron chi connectivity index (χ3n) is 4.19. The molecule has 0 unspecified atom stereocenters. The largest absolute Gasteiger partial charge is 0.491 e.